The summed E-state index contributed by atoms with van der Waals surface area (Å²) < 4.78 is 4.99. The normalized spacial score (nSPS) is 11.1. The minimum absolute atomic E-state index is 0.106. The Bertz CT molecular complexity index is 372. The van der Waals surface area contributed by atoms with Crippen LogP contribution in [-0.4, -0.2) is 37.3 Å². The lowest BCUT2D eigenvalue weighted by Gasteiger charge is -2.17. The standard InChI is InChI=1S/C12H17Cl2NO2/c1-15(4-3-5-17-2)8-9-6-10(13)7-11(14)12(9)16/h6-7,16H,3-5,8H2,1-2H3. The fraction of sp³-hybridized carbons (Fsp3) is 0.500. The summed E-state index contributed by atoms with van der Waals surface area (Å²) in [7, 11) is 3.66. The largest absolute Gasteiger partial charge is 0.506 e. The fourth-order valence-electron chi connectivity index (χ4n) is 1.59. The lowest BCUT2D eigenvalue weighted by atomic mass is 10.2. The van der Waals surface area contributed by atoms with E-state index in [2.05, 4.69) is 4.90 Å². The molecule has 96 valence electrons. The van der Waals surface area contributed by atoms with Crippen LogP contribution >= 0.6 is 23.2 Å². The number of halogens is 2. The number of nitrogens with zero attached hydrogens (tertiary/aromatic N) is 1. The molecule has 0 fully saturated rings. The van der Waals surface area contributed by atoms with E-state index >= 15 is 0 Å². The second-order valence-electron chi connectivity index (χ2n) is 3.98. The molecule has 1 rings (SSSR count). The Morgan fingerprint density at radius 3 is 2.71 bits per heavy atom. The van der Waals surface area contributed by atoms with Crippen molar-refractivity contribution >= 4 is 23.2 Å². The van der Waals surface area contributed by atoms with Crippen LogP contribution in [0, 0.1) is 0 Å². The van der Waals surface area contributed by atoms with E-state index in [9.17, 15) is 5.11 Å². The average Bonchev–Trinajstić information content (AvgIpc) is 2.25. The molecule has 0 aromatic heterocycles. The molecule has 0 amide bonds. The Balaban J connectivity index is 2.61. The van der Waals surface area contributed by atoms with Gasteiger partial charge in [-0.05, 0) is 25.6 Å². The summed E-state index contributed by atoms with van der Waals surface area (Å²) in [6.45, 7) is 2.22. The summed E-state index contributed by atoms with van der Waals surface area (Å²) in [4.78, 5) is 2.08. The van der Waals surface area contributed by atoms with Crippen molar-refractivity contribution in [2.24, 2.45) is 0 Å². The molecule has 0 heterocycles. The van der Waals surface area contributed by atoms with Crippen LogP contribution < -0.4 is 0 Å². The van der Waals surface area contributed by atoms with Crippen LogP contribution in [0.5, 0.6) is 5.75 Å². The zero-order chi connectivity index (χ0) is 12.8. The molecule has 0 bridgehead atoms. The third-order valence-electron chi connectivity index (χ3n) is 2.44. The number of hydrogen-bond donors (Lipinski definition) is 1. The van der Waals surface area contributed by atoms with Crippen molar-refractivity contribution < 1.29 is 9.84 Å². The highest BCUT2D eigenvalue weighted by molar-refractivity contribution is 6.35. The van der Waals surface area contributed by atoms with E-state index in [1.54, 1.807) is 13.2 Å². The van der Waals surface area contributed by atoms with Crippen molar-refractivity contribution in [3.8, 4) is 5.75 Å². The van der Waals surface area contributed by atoms with Gasteiger partial charge in [-0.1, -0.05) is 23.2 Å². The molecule has 1 aromatic rings. The van der Waals surface area contributed by atoms with Crippen LogP contribution in [0.1, 0.15) is 12.0 Å². The predicted molar refractivity (Wildman–Crippen MR) is 71.0 cm³/mol. The van der Waals surface area contributed by atoms with E-state index < -0.39 is 0 Å². The molecule has 0 saturated carbocycles. The minimum atomic E-state index is 0.106. The zero-order valence-corrected chi connectivity index (χ0v) is 11.6. The first kappa shape index (κ1) is 14.6. The number of aromatic hydroxyl groups is 1. The molecule has 0 radical (unpaired) electrons. The Hall–Kier alpha value is -0.480. The highest BCUT2D eigenvalue weighted by Crippen LogP contribution is 2.31. The van der Waals surface area contributed by atoms with Gasteiger partial charge in [0.1, 0.15) is 5.75 Å². The van der Waals surface area contributed by atoms with Crippen LogP contribution in [0.25, 0.3) is 0 Å². The molecule has 1 aromatic carbocycles. The number of phenolic OH excluding ortho intramolecular Hbond substituents is 1. The third-order valence-corrected chi connectivity index (χ3v) is 2.94. The average molecular weight is 278 g/mol. The van der Waals surface area contributed by atoms with Gasteiger partial charge in [-0.25, -0.2) is 0 Å². The third kappa shape index (κ3) is 4.72. The number of methoxy groups -OCH3 is 1. The van der Waals surface area contributed by atoms with Crippen molar-refractivity contribution in [2.45, 2.75) is 13.0 Å². The topological polar surface area (TPSA) is 32.7 Å². The van der Waals surface area contributed by atoms with Crippen molar-refractivity contribution in [3.05, 3.63) is 27.7 Å². The number of ether oxygens (including phenoxy) is 1. The van der Waals surface area contributed by atoms with Crippen molar-refractivity contribution in [1.82, 2.24) is 4.90 Å². The van der Waals surface area contributed by atoms with Crippen LogP contribution in [0.15, 0.2) is 12.1 Å². The number of rotatable bonds is 6. The Morgan fingerprint density at radius 2 is 2.06 bits per heavy atom. The van der Waals surface area contributed by atoms with E-state index in [4.69, 9.17) is 27.9 Å². The molecule has 0 unspecified atom stereocenters. The minimum Gasteiger partial charge on any atom is -0.506 e. The molecule has 0 aliphatic carbocycles. The van der Waals surface area contributed by atoms with Crippen molar-refractivity contribution in [1.29, 1.82) is 0 Å². The SMILES string of the molecule is COCCCN(C)Cc1cc(Cl)cc(Cl)c1O. The molecule has 5 heteroatoms. The lowest BCUT2D eigenvalue weighted by Crippen LogP contribution is -2.20. The van der Waals surface area contributed by atoms with Crippen LogP contribution in [0.2, 0.25) is 10.0 Å². The Kier molecular flexibility index (Phi) is 6.06. The quantitative estimate of drug-likeness (QED) is 0.811. The van der Waals surface area contributed by atoms with Gasteiger partial charge < -0.3 is 14.7 Å². The lowest BCUT2D eigenvalue weighted by molar-refractivity contribution is 0.178. The number of hydrogen-bond acceptors (Lipinski definition) is 3. The first-order valence-electron chi connectivity index (χ1n) is 5.39. The molecule has 1 N–H and O–H groups in total. The fourth-order valence-corrected chi connectivity index (χ4v) is 2.12. The summed E-state index contributed by atoms with van der Waals surface area (Å²) in [6, 6.07) is 3.27. The number of phenols is 1. The van der Waals surface area contributed by atoms with Gasteiger partial charge >= 0.3 is 0 Å². The maximum atomic E-state index is 9.80. The van der Waals surface area contributed by atoms with Crippen molar-refractivity contribution in [2.75, 3.05) is 27.3 Å². The van der Waals surface area contributed by atoms with Crippen LogP contribution in [-0.2, 0) is 11.3 Å². The summed E-state index contributed by atoms with van der Waals surface area (Å²) in [5, 5.41) is 10.6. The first-order chi connectivity index (χ1) is 8.04. The van der Waals surface area contributed by atoms with E-state index in [1.165, 1.54) is 6.07 Å². The van der Waals surface area contributed by atoms with Gasteiger partial charge in [0, 0.05) is 37.4 Å². The van der Waals surface area contributed by atoms with Gasteiger partial charge in [-0.15, -0.1) is 0 Å². The summed E-state index contributed by atoms with van der Waals surface area (Å²) in [5.41, 5.74) is 0.738. The summed E-state index contributed by atoms with van der Waals surface area (Å²) in [5.74, 6) is 0.106. The highest BCUT2D eigenvalue weighted by Gasteiger charge is 2.10. The van der Waals surface area contributed by atoms with E-state index in [0.29, 0.717) is 11.6 Å². The highest BCUT2D eigenvalue weighted by atomic mass is 35.5. The molecule has 0 aliphatic heterocycles. The molecular weight excluding hydrogens is 261 g/mol. The van der Waals surface area contributed by atoms with Crippen molar-refractivity contribution in [3.63, 3.8) is 0 Å². The second kappa shape index (κ2) is 7.07. The molecule has 0 spiro atoms. The maximum absolute atomic E-state index is 9.80. The molecule has 0 atom stereocenters. The molecule has 17 heavy (non-hydrogen) atoms. The Morgan fingerprint density at radius 1 is 1.35 bits per heavy atom. The Labute approximate surface area is 112 Å². The smallest absolute Gasteiger partial charge is 0.138 e. The first-order valence-corrected chi connectivity index (χ1v) is 6.14. The van der Waals surface area contributed by atoms with Gasteiger partial charge in [0.2, 0.25) is 0 Å². The predicted octanol–water partition coefficient (Wildman–Crippen LogP) is 3.17. The van der Waals surface area contributed by atoms with Gasteiger partial charge in [0.15, 0.2) is 0 Å². The summed E-state index contributed by atoms with van der Waals surface area (Å²) >= 11 is 11.8. The summed E-state index contributed by atoms with van der Waals surface area (Å²) in [6.07, 6.45) is 0.946. The monoisotopic (exact) mass is 277 g/mol. The zero-order valence-electron chi connectivity index (χ0n) is 10.0. The van der Waals surface area contributed by atoms with Gasteiger partial charge in [-0.3, -0.25) is 0 Å². The van der Waals surface area contributed by atoms with Crippen LogP contribution in [0.4, 0.5) is 0 Å². The molecule has 0 saturated heterocycles. The molecule has 0 aliphatic rings. The van der Waals surface area contributed by atoms with E-state index in [0.717, 1.165) is 25.1 Å². The molecular formula is C12H17Cl2NO2. The maximum Gasteiger partial charge on any atom is 0.138 e. The number of benzene rings is 1. The van der Waals surface area contributed by atoms with E-state index in [-0.39, 0.29) is 10.8 Å². The van der Waals surface area contributed by atoms with E-state index in [1.807, 2.05) is 7.05 Å². The van der Waals surface area contributed by atoms with Gasteiger partial charge in [0.05, 0.1) is 5.02 Å². The van der Waals surface area contributed by atoms with Gasteiger partial charge in [-0.2, -0.15) is 0 Å². The second-order valence-corrected chi connectivity index (χ2v) is 4.82. The molecule has 3 nitrogen and oxygen atoms in total. The van der Waals surface area contributed by atoms with Crippen LogP contribution in [0.3, 0.4) is 0 Å². The van der Waals surface area contributed by atoms with Gasteiger partial charge in [0.25, 0.3) is 0 Å².